The predicted octanol–water partition coefficient (Wildman–Crippen LogP) is 8.77. The number of amides is 6. The number of nitrogens with zero attached hydrogens (tertiary/aromatic N) is 3. The van der Waals surface area contributed by atoms with Crippen LogP contribution in [0.4, 0.5) is 21.0 Å². The first-order valence-corrected chi connectivity index (χ1v) is 25.0. The van der Waals surface area contributed by atoms with Gasteiger partial charge in [-0.3, -0.25) is 24.1 Å². The highest BCUT2D eigenvalue weighted by molar-refractivity contribution is 6.01. The van der Waals surface area contributed by atoms with Gasteiger partial charge in [0.1, 0.15) is 24.2 Å². The topological polar surface area (TPSA) is 196 Å². The molecule has 71 heavy (non-hydrogen) atoms. The molecule has 8 rings (SSSR count). The lowest BCUT2D eigenvalue weighted by Crippen LogP contribution is -2.49. The molecule has 0 saturated carbocycles. The van der Waals surface area contributed by atoms with Crippen LogP contribution in [0.15, 0.2) is 97.1 Å². The third-order valence-corrected chi connectivity index (χ3v) is 14.7. The lowest BCUT2D eigenvalue weighted by atomic mass is 9.70. The molecule has 4 aromatic carbocycles. The highest BCUT2D eigenvalue weighted by Crippen LogP contribution is 2.55. The largest absolute Gasteiger partial charge is 0.465 e. The molecule has 376 valence electrons. The number of rotatable bonds is 18. The van der Waals surface area contributed by atoms with Gasteiger partial charge >= 0.3 is 12.2 Å². The Morgan fingerprint density at radius 2 is 1.28 bits per heavy atom. The van der Waals surface area contributed by atoms with E-state index in [-0.39, 0.29) is 18.9 Å². The molecule has 0 aromatic heterocycles. The number of hydrogen-bond acceptors (Lipinski definition) is 9. The zero-order valence-electron chi connectivity index (χ0n) is 41.1. The minimum absolute atomic E-state index is 0.0161. The summed E-state index contributed by atoms with van der Waals surface area (Å²) < 4.78 is 17.0. The van der Waals surface area contributed by atoms with E-state index < -0.39 is 65.3 Å². The van der Waals surface area contributed by atoms with Crippen LogP contribution in [0.5, 0.6) is 0 Å². The minimum Gasteiger partial charge on any atom is -0.465 e. The van der Waals surface area contributed by atoms with E-state index in [4.69, 9.17) is 14.2 Å². The molecule has 3 heterocycles. The summed E-state index contributed by atoms with van der Waals surface area (Å²) in [5, 5.41) is 18.9. The molecule has 0 bridgehead atoms. The number of hydrogen-bond donors (Lipinski definition) is 4. The number of unbranched alkanes of at least 4 members (excludes halogenated alkanes) is 4. The van der Waals surface area contributed by atoms with Crippen LogP contribution in [0.1, 0.15) is 119 Å². The van der Waals surface area contributed by atoms with Gasteiger partial charge in [-0.2, -0.15) is 0 Å². The van der Waals surface area contributed by atoms with Gasteiger partial charge in [-0.15, -0.1) is 0 Å². The Bertz CT molecular complexity index is 2580. The van der Waals surface area contributed by atoms with Gasteiger partial charge in [0.05, 0.1) is 26.9 Å². The van der Waals surface area contributed by atoms with Crippen LogP contribution < -0.4 is 16.0 Å². The smallest absolute Gasteiger partial charge is 0.407 e. The molecule has 4 aliphatic rings. The Balaban J connectivity index is 1.09. The number of benzene rings is 4. The van der Waals surface area contributed by atoms with Crippen LogP contribution in [0.3, 0.4) is 0 Å². The molecule has 16 heteroatoms. The number of carbonyl (C=O) groups excluding carboxylic acids is 5. The molecule has 4 atom stereocenters. The number of anilines is 2. The number of nitrogens with one attached hydrogen (secondary N) is 3. The van der Waals surface area contributed by atoms with Crippen molar-refractivity contribution in [2.45, 2.75) is 120 Å². The first-order chi connectivity index (χ1) is 34.3. The number of alkyl carbamates (subject to hydrolysis) is 1. The first kappa shape index (κ1) is 50.6. The first-order valence-electron chi connectivity index (χ1n) is 25.0. The fraction of sp³-hybridized carbons (Fsp3) is 0.455. The second-order valence-electron chi connectivity index (χ2n) is 19.2. The molecule has 3 fully saturated rings. The van der Waals surface area contributed by atoms with Gasteiger partial charge < -0.3 is 45.1 Å². The molecule has 0 radical (unpaired) electrons. The lowest BCUT2D eigenvalue weighted by Gasteiger charge is -2.34. The van der Waals surface area contributed by atoms with Crippen LogP contribution >= 0.6 is 0 Å². The van der Waals surface area contributed by atoms with E-state index >= 15 is 0 Å². The van der Waals surface area contributed by atoms with Crippen molar-refractivity contribution >= 4 is 47.2 Å². The zero-order chi connectivity index (χ0) is 50.3. The summed E-state index contributed by atoms with van der Waals surface area (Å²) in [6, 6.07) is 25.5. The fourth-order valence-corrected chi connectivity index (χ4v) is 11.1. The average molecular weight is 971 g/mol. The van der Waals surface area contributed by atoms with Crippen molar-refractivity contribution in [2.24, 2.45) is 0 Å². The quantitative estimate of drug-likeness (QED) is 0.0700. The third kappa shape index (κ3) is 10.5. The fourth-order valence-electron chi connectivity index (χ4n) is 11.1. The normalized spacial score (nSPS) is 19.1. The SMILES string of the molecule is CCCCCC1(CCCCC)c2cc(NC(=O)C3CC4(CN3C(=O)C(NC(=O)OC)c3ccccc3)OCCO4)ccc2-c2ccc(NC(=O)C3CCCN3C(=O)[C@@H](c3ccccc3)N(C)C(=O)O)cc21. The van der Waals surface area contributed by atoms with E-state index in [1.165, 1.54) is 24.0 Å². The van der Waals surface area contributed by atoms with Crippen LogP contribution in [0, 0.1) is 0 Å². The van der Waals surface area contributed by atoms with Gasteiger partial charge in [0, 0.05) is 36.8 Å². The van der Waals surface area contributed by atoms with Crippen molar-refractivity contribution in [3.63, 3.8) is 0 Å². The van der Waals surface area contributed by atoms with Crippen LogP contribution in [0.2, 0.25) is 0 Å². The third-order valence-electron chi connectivity index (χ3n) is 14.7. The summed E-state index contributed by atoms with van der Waals surface area (Å²) in [4.78, 5) is 86.5. The van der Waals surface area contributed by atoms with E-state index in [1.54, 1.807) is 54.6 Å². The maximum absolute atomic E-state index is 14.7. The Morgan fingerprint density at radius 3 is 1.82 bits per heavy atom. The van der Waals surface area contributed by atoms with Crippen molar-refractivity contribution < 1.29 is 48.1 Å². The maximum atomic E-state index is 14.7. The van der Waals surface area contributed by atoms with Gasteiger partial charge in [-0.05, 0) is 83.3 Å². The summed E-state index contributed by atoms with van der Waals surface area (Å²) in [5.74, 6) is -2.90. The van der Waals surface area contributed by atoms with E-state index in [0.29, 0.717) is 55.1 Å². The van der Waals surface area contributed by atoms with Crippen molar-refractivity contribution in [1.82, 2.24) is 20.0 Å². The molecular formula is C55H66N6O10. The summed E-state index contributed by atoms with van der Waals surface area (Å²) in [7, 11) is 2.59. The van der Waals surface area contributed by atoms with E-state index in [1.807, 2.05) is 30.3 Å². The Hall–Kier alpha value is -6.78. The second kappa shape index (κ2) is 22.1. The molecule has 3 unspecified atom stereocenters. The highest BCUT2D eigenvalue weighted by atomic mass is 16.7. The Labute approximate surface area is 415 Å². The Kier molecular flexibility index (Phi) is 15.8. The molecule has 6 amide bonds. The number of carboxylic acid groups (broad SMARTS) is 1. The number of likely N-dealkylation sites (N-methyl/N-ethyl adjacent to an activating group) is 1. The molecule has 1 aliphatic carbocycles. The molecule has 16 nitrogen and oxygen atoms in total. The molecule has 4 N–H and O–H groups in total. The number of carbonyl (C=O) groups is 6. The predicted molar refractivity (Wildman–Crippen MR) is 267 cm³/mol. The molecule has 3 aliphatic heterocycles. The number of ether oxygens (including phenoxy) is 3. The van der Waals surface area contributed by atoms with Crippen molar-refractivity contribution in [2.75, 3.05) is 51.1 Å². The van der Waals surface area contributed by atoms with E-state index in [0.717, 1.165) is 78.5 Å². The second-order valence-corrected chi connectivity index (χ2v) is 19.2. The molecule has 4 aromatic rings. The number of methoxy groups -OCH3 is 1. The Morgan fingerprint density at radius 1 is 0.732 bits per heavy atom. The van der Waals surface area contributed by atoms with Gasteiger partial charge in [-0.1, -0.05) is 125 Å². The minimum atomic E-state index is -1.25. The number of fused-ring (bicyclic) bond motifs is 3. The lowest BCUT2D eigenvalue weighted by molar-refractivity contribution is -0.153. The number of likely N-dealkylation sites (tertiary alicyclic amines) is 2. The van der Waals surface area contributed by atoms with Gasteiger partial charge in [-0.25, -0.2) is 9.59 Å². The molecule has 3 saturated heterocycles. The van der Waals surface area contributed by atoms with Crippen LogP contribution in [0.25, 0.3) is 11.1 Å². The summed E-state index contributed by atoms with van der Waals surface area (Å²) >= 11 is 0. The standard InChI is InChI=1S/C55H66N6O10/c1-5-7-15-27-54(28-16-8-6-2)42-32-38(56-48(62)44-22-17-29-60(44)51(65)47(59(3)53(67)68)37-20-13-10-14-21-37)23-25-40(42)41-26-24-39(33-43(41)54)57-49(63)45-34-55(70-30-31-71-55)35-61(45)50(64)46(58-52(66)69-4)36-18-11-9-12-19-36/h9-14,18-21,23-26,32-33,44-47H,5-8,15-17,22,27-31,34-35H2,1-4H3,(H,56,62)(H,57,63)(H,58,66)(H,67,68)/t44?,45?,46?,47-/m1/s1. The van der Waals surface area contributed by atoms with Gasteiger partial charge in [0.2, 0.25) is 11.8 Å². The average Bonchev–Trinajstić information content (AvgIpc) is 4.20. The van der Waals surface area contributed by atoms with Crippen molar-refractivity contribution in [3.8, 4) is 11.1 Å². The van der Waals surface area contributed by atoms with E-state index in [2.05, 4.69) is 41.9 Å². The van der Waals surface area contributed by atoms with Crippen molar-refractivity contribution in [3.05, 3.63) is 119 Å². The monoisotopic (exact) mass is 970 g/mol. The molecular weight excluding hydrogens is 905 g/mol. The zero-order valence-corrected chi connectivity index (χ0v) is 41.1. The van der Waals surface area contributed by atoms with Crippen LogP contribution in [-0.4, -0.2) is 114 Å². The maximum Gasteiger partial charge on any atom is 0.407 e. The highest BCUT2D eigenvalue weighted by Gasteiger charge is 2.54. The van der Waals surface area contributed by atoms with E-state index in [9.17, 15) is 33.9 Å². The molecule has 1 spiro atoms. The summed E-state index contributed by atoms with van der Waals surface area (Å²) in [5.41, 5.74) is 5.98. The summed E-state index contributed by atoms with van der Waals surface area (Å²) in [6.07, 6.45) is 6.72. The van der Waals surface area contributed by atoms with Gasteiger partial charge in [0.15, 0.2) is 5.79 Å². The van der Waals surface area contributed by atoms with Crippen molar-refractivity contribution in [1.29, 1.82) is 0 Å². The summed E-state index contributed by atoms with van der Waals surface area (Å²) in [6.45, 7) is 5.29. The van der Waals surface area contributed by atoms with Gasteiger partial charge in [0.25, 0.3) is 11.8 Å². The van der Waals surface area contributed by atoms with Crippen LogP contribution in [-0.2, 0) is 38.8 Å².